The van der Waals surface area contributed by atoms with Gasteiger partial charge in [-0.3, -0.25) is 4.79 Å². The van der Waals surface area contributed by atoms with Crippen LogP contribution in [0.4, 0.5) is 0 Å². The standard InChI is InChI=1S/C8H7Cl3.C2H4O2/c1-6-4-2-3-5-7(6)8(9,10)11;1-2(3)4/h2-5H,1H3;1H3,(H,3,4). The monoisotopic (exact) mass is 268 g/mol. The maximum absolute atomic E-state index is 9.00. The van der Waals surface area contributed by atoms with E-state index in [1.54, 1.807) is 0 Å². The van der Waals surface area contributed by atoms with Crippen LogP contribution in [-0.4, -0.2) is 11.1 Å². The van der Waals surface area contributed by atoms with Gasteiger partial charge >= 0.3 is 0 Å². The minimum absolute atomic E-state index is 0.741. The number of rotatable bonds is 0. The summed E-state index contributed by atoms with van der Waals surface area (Å²) < 4.78 is -1.30. The zero-order chi connectivity index (χ0) is 12.1. The first kappa shape index (κ1) is 14.6. The van der Waals surface area contributed by atoms with Gasteiger partial charge in [0.25, 0.3) is 5.97 Å². The molecule has 1 rings (SSSR count). The number of alkyl halides is 3. The third kappa shape index (κ3) is 6.61. The van der Waals surface area contributed by atoms with Crippen LogP contribution in [0.1, 0.15) is 18.1 Å². The Hall–Kier alpha value is -0.440. The summed E-state index contributed by atoms with van der Waals surface area (Å²) in [6.07, 6.45) is 0. The van der Waals surface area contributed by atoms with Crippen molar-refractivity contribution in [3.8, 4) is 0 Å². The Labute approximate surface area is 104 Å². The number of carboxylic acids is 1. The van der Waals surface area contributed by atoms with Crippen LogP contribution in [0.3, 0.4) is 0 Å². The van der Waals surface area contributed by atoms with Gasteiger partial charge in [0.15, 0.2) is 0 Å². The quantitative estimate of drug-likeness (QED) is 0.725. The van der Waals surface area contributed by atoms with E-state index in [2.05, 4.69) is 0 Å². The number of hydrogen-bond donors (Lipinski definition) is 1. The number of halogens is 3. The van der Waals surface area contributed by atoms with E-state index < -0.39 is 9.76 Å². The van der Waals surface area contributed by atoms with E-state index in [-0.39, 0.29) is 0 Å². The molecule has 0 aromatic heterocycles. The van der Waals surface area contributed by atoms with E-state index in [9.17, 15) is 0 Å². The normalized spacial score (nSPS) is 10.2. The van der Waals surface area contributed by atoms with Crippen molar-refractivity contribution >= 4 is 40.8 Å². The van der Waals surface area contributed by atoms with Crippen LogP contribution >= 0.6 is 34.8 Å². The third-order valence-corrected chi connectivity index (χ3v) is 2.06. The maximum atomic E-state index is 9.00. The summed E-state index contributed by atoms with van der Waals surface area (Å²) in [7, 11) is 0. The van der Waals surface area contributed by atoms with Gasteiger partial charge in [0, 0.05) is 12.5 Å². The van der Waals surface area contributed by atoms with E-state index in [4.69, 9.17) is 44.7 Å². The Bertz CT molecular complexity index is 328. The lowest BCUT2D eigenvalue weighted by atomic mass is 10.1. The van der Waals surface area contributed by atoms with Gasteiger partial charge in [-0.2, -0.15) is 0 Å². The molecule has 84 valence electrons. The minimum atomic E-state index is -1.30. The largest absolute Gasteiger partial charge is 0.481 e. The van der Waals surface area contributed by atoms with E-state index >= 15 is 0 Å². The summed E-state index contributed by atoms with van der Waals surface area (Å²) in [6, 6.07) is 7.49. The maximum Gasteiger partial charge on any atom is 0.300 e. The number of carboxylic acid groups (broad SMARTS) is 1. The fraction of sp³-hybridized carbons (Fsp3) is 0.300. The Morgan fingerprint density at radius 3 is 1.93 bits per heavy atom. The molecule has 2 nitrogen and oxygen atoms in total. The lowest BCUT2D eigenvalue weighted by Gasteiger charge is -2.13. The Balaban J connectivity index is 0.000000423. The van der Waals surface area contributed by atoms with Crippen LogP contribution in [0.15, 0.2) is 24.3 Å². The van der Waals surface area contributed by atoms with Gasteiger partial charge in [0.2, 0.25) is 3.79 Å². The smallest absolute Gasteiger partial charge is 0.300 e. The lowest BCUT2D eigenvalue weighted by Crippen LogP contribution is -2.01. The number of aliphatic carboxylic acids is 1. The topological polar surface area (TPSA) is 37.3 Å². The molecular weight excluding hydrogens is 258 g/mol. The number of aryl methyl sites for hydroxylation is 1. The van der Waals surface area contributed by atoms with Crippen LogP contribution < -0.4 is 0 Å². The molecule has 0 aliphatic rings. The van der Waals surface area contributed by atoms with Gasteiger partial charge < -0.3 is 5.11 Å². The summed E-state index contributed by atoms with van der Waals surface area (Å²) in [5.41, 5.74) is 1.73. The van der Waals surface area contributed by atoms with Crippen molar-refractivity contribution in [3.05, 3.63) is 35.4 Å². The Morgan fingerprint density at radius 2 is 1.67 bits per heavy atom. The van der Waals surface area contributed by atoms with Gasteiger partial charge in [-0.25, -0.2) is 0 Å². The molecule has 0 atom stereocenters. The van der Waals surface area contributed by atoms with Gasteiger partial charge in [-0.1, -0.05) is 59.1 Å². The number of carbonyl (C=O) groups is 1. The minimum Gasteiger partial charge on any atom is -0.481 e. The SMILES string of the molecule is CC(=O)O.Cc1ccccc1C(Cl)(Cl)Cl. The molecule has 1 N–H and O–H groups in total. The summed E-state index contributed by atoms with van der Waals surface area (Å²) in [5.74, 6) is -0.833. The molecule has 15 heavy (non-hydrogen) atoms. The van der Waals surface area contributed by atoms with Gasteiger partial charge in [0.1, 0.15) is 0 Å². The van der Waals surface area contributed by atoms with Crippen LogP contribution in [0.2, 0.25) is 0 Å². The Morgan fingerprint density at radius 1 is 1.27 bits per heavy atom. The van der Waals surface area contributed by atoms with E-state index in [0.717, 1.165) is 18.1 Å². The molecule has 0 amide bonds. The molecular formula is C10H11Cl3O2. The van der Waals surface area contributed by atoms with Crippen molar-refractivity contribution < 1.29 is 9.90 Å². The summed E-state index contributed by atoms with van der Waals surface area (Å²) >= 11 is 17.1. The van der Waals surface area contributed by atoms with Crippen molar-refractivity contribution in [2.24, 2.45) is 0 Å². The fourth-order valence-electron chi connectivity index (χ4n) is 0.891. The predicted molar refractivity (Wildman–Crippen MR) is 63.7 cm³/mol. The van der Waals surface area contributed by atoms with Crippen molar-refractivity contribution in [2.45, 2.75) is 17.6 Å². The molecule has 0 radical (unpaired) electrons. The zero-order valence-electron chi connectivity index (χ0n) is 8.30. The fourth-order valence-corrected chi connectivity index (χ4v) is 1.53. The molecule has 0 spiro atoms. The van der Waals surface area contributed by atoms with Crippen LogP contribution in [0.5, 0.6) is 0 Å². The second-order valence-electron chi connectivity index (χ2n) is 2.83. The second kappa shape index (κ2) is 6.21. The van der Waals surface area contributed by atoms with Crippen molar-refractivity contribution in [1.29, 1.82) is 0 Å². The first-order chi connectivity index (χ1) is 6.75. The first-order valence-electron chi connectivity index (χ1n) is 4.07. The van der Waals surface area contributed by atoms with E-state index in [0.29, 0.717) is 0 Å². The van der Waals surface area contributed by atoms with Gasteiger partial charge in [-0.15, -0.1) is 0 Å². The highest BCUT2D eigenvalue weighted by Gasteiger charge is 2.23. The van der Waals surface area contributed by atoms with Gasteiger partial charge in [-0.05, 0) is 12.5 Å². The van der Waals surface area contributed by atoms with Crippen LogP contribution in [-0.2, 0) is 8.59 Å². The van der Waals surface area contributed by atoms with Crippen LogP contribution in [0.25, 0.3) is 0 Å². The molecule has 0 saturated carbocycles. The average Bonchev–Trinajstić information content (AvgIpc) is 2.01. The lowest BCUT2D eigenvalue weighted by molar-refractivity contribution is -0.134. The Kier molecular flexibility index (Phi) is 6.03. The van der Waals surface area contributed by atoms with Gasteiger partial charge in [0.05, 0.1) is 0 Å². The summed E-state index contributed by atoms with van der Waals surface area (Å²) in [6.45, 7) is 3.00. The van der Waals surface area contributed by atoms with Crippen molar-refractivity contribution in [2.75, 3.05) is 0 Å². The number of benzene rings is 1. The highest BCUT2D eigenvalue weighted by atomic mass is 35.6. The molecule has 0 unspecified atom stereocenters. The predicted octanol–water partition coefficient (Wildman–Crippen LogP) is 3.91. The summed E-state index contributed by atoms with van der Waals surface area (Å²) in [5, 5.41) is 7.42. The van der Waals surface area contributed by atoms with Crippen molar-refractivity contribution in [1.82, 2.24) is 0 Å². The molecule has 1 aromatic carbocycles. The average molecular weight is 270 g/mol. The second-order valence-corrected chi connectivity index (χ2v) is 5.11. The molecule has 0 aliphatic heterocycles. The molecule has 0 bridgehead atoms. The molecule has 0 heterocycles. The highest BCUT2D eigenvalue weighted by molar-refractivity contribution is 6.66. The highest BCUT2D eigenvalue weighted by Crippen LogP contribution is 2.39. The molecule has 0 aliphatic carbocycles. The van der Waals surface area contributed by atoms with E-state index in [1.165, 1.54) is 0 Å². The zero-order valence-corrected chi connectivity index (χ0v) is 10.6. The van der Waals surface area contributed by atoms with Crippen LogP contribution in [0, 0.1) is 6.92 Å². The molecule has 5 heteroatoms. The first-order valence-corrected chi connectivity index (χ1v) is 5.21. The van der Waals surface area contributed by atoms with E-state index in [1.807, 2.05) is 31.2 Å². The molecule has 1 aromatic rings. The third-order valence-electron chi connectivity index (χ3n) is 1.45. The summed E-state index contributed by atoms with van der Waals surface area (Å²) in [4.78, 5) is 9.00. The van der Waals surface area contributed by atoms with Crippen molar-refractivity contribution in [3.63, 3.8) is 0 Å². The molecule has 0 fully saturated rings. The molecule has 0 saturated heterocycles. The number of hydrogen-bond acceptors (Lipinski definition) is 1.